The number of rotatable bonds is 3. The van der Waals surface area contributed by atoms with Gasteiger partial charge in [-0.25, -0.2) is 0 Å². The molecular weight excluding hydrogens is 248 g/mol. The van der Waals surface area contributed by atoms with Crippen LogP contribution in [0.3, 0.4) is 0 Å². The van der Waals surface area contributed by atoms with E-state index >= 15 is 0 Å². The first-order valence-electron chi connectivity index (χ1n) is 7.82. The van der Waals surface area contributed by atoms with Crippen LogP contribution < -0.4 is 10.1 Å². The monoisotopic (exact) mass is 274 g/mol. The number of likely N-dealkylation sites (tertiary alicyclic amines) is 1. The minimum Gasteiger partial charge on any atom is -0.486 e. The van der Waals surface area contributed by atoms with E-state index in [0.29, 0.717) is 6.04 Å². The van der Waals surface area contributed by atoms with E-state index in [2.05, 4.69) is 49.2 Å². The molecule has 1 fully saturated rings. The number of ether oxygens (including phenoxy) is 1. The topological polar surface area (TPSA) is 24.5 Å². The van der Waals surface area contributed by atoms with Gasteiger partial charge in [0.15, 0.2) is 0 Å². The Kier molecular flexibility index (Phi) is 3.74. The molecule has 0 aromatic heterocycles. The first kappa shape index (κ1) is 13.9. The third kappa shape index (κ3) is 2.70. The highest BCUT2D eigenvalue weighted by molar-refractivity contribution is 5.42. The molecule has 3 nitrogen and oxygen atoms in total. The van der Waals surface area contributed by atoms with Gasteiger partial charge in [0.05, 0.1) is 0 Å². The van der Waals surface area contributed by atoms with Crippen LogP contribution in [0.2, 0.25) is 0 Å². The normalized spacial score (nSPS) is 26.8. The summed E-state index contributed by atoms with van der Waals surface area (Å²) in [5, 5.41) is 3.46. The molecule has 0 saturated carbocycles. The minimum absolute atomic E-state index is 0.0448. The van der Waals surface area contributed by atoms with Crippen LogP contribution in [-0.4, -0.2) is 36.2 Å². The van der Waals surface area contributed by atoms with E-state index in [1.165, 1.54) is 11.1 Å². The third-order valence-corrected chi connectivity index (χ3v) is 4.66. The first-order valence-corrected chi connectivity index (χ1v) is 7.82. The fourth-order valence-electron chi connectivity index (χ4n) is 3.34. The molecule has 1 N–H and O–H groups in total. The zero-order valence-electron chi connectivity index (χ0n) is 12.9. The quantitative estimate of drug-likeness (QED) is 0.917. The maximum Gasteiger partial charge on any atom is 0.124 e. The van der Waals surface area contributed by atoms with Crippen molar-refractivity contribution < 1.29 is 4.74 Å². The van der Waals surface area contributed by atoms with Crippen LogP contribution in [0.1, 0.15) is 38.3 Å². The number of hydrogen-bond donors (Lipinski definition) is 1. The molecule has 3 rings (SSSR count). The number of fused-ring (bicyclic) bond motifs is 1. The number of hydrogen-bond acceptors (Lipinski definition) is 3. The van der Waals surface area contributed by atoms with E-state index in [0.717, 1.165) is 44.8 Å². The summed E-state index contributed by atoms with van der Waals surface area (Å²) in [5.74, 6) is 1.09. The predicted molar refractivity (Wildman–Crippen MR) is 82.2 cm³/mol. The fourth-order valence-corrected chi connectivity index (χ4v) is 3.34. The lowest BCUT2D eigenvalue weighted by molar-refractivity contribution is 0.0894. The molecule has 1 aromatic rings. The molecule has 1 saturated heterocycles. The highest BCUT2D eigenvalue weighted by Crippen LogP contribution is 2.32. The van der Waals surface area contributed by atoms with Gasteiger partial charge < -0.3 is 10.1 Å². The van der Waals surface area contributed by atoms with E-state index in [1.54, 1.807) is 0 Å². The Labute approximate surface area is 122 Å². The third-order valence-electron chi connectivity index (χ3n) is 4.66. The van der Waals surface area contributed by atoms with Crippen molar-refractivity contribution in [3.8, 4) is 5.75 Å². The van der Waals surface area contributed by atoms with Crippen molar-refractivity contribution in [2.24, 2.45) is 0 Å². The molecule has 20 heavy (non-hydrogen) atoms. The lowest BCUT2D eigenvalue weighted by Crippen LogP contribution is -2.38. The number of nitrogens with one attached hydrogen (secondary N) is 1. The van der Waals surface area contributed by atoms with Crippen molar-refractivity contribution in [3.05, 3.63) is 29.3 Å². The molecular formula is C17H26N2O. The van der Waals surface area contributed by atoms with Crippen molar-refractivity contribution in [2.75, 3.05) is 19.6 Å². The van der Waals surface area contributed by atoms with E-state index in [-0.39, 0.29) is 5.60 Å². The van der Waals surface area contributed by atoms with Crippen LogP contribution in [0.5, 0.6) is 5.75 Å². The molecule has 1 atom stereocenters. The van der Waals surface area contributed by atoms with Gasteiger partial charge in [0.25, 0.3) is 0 Å². The van der Waals surface area contributed by atoms with Gasteiger partial charge in [-0.05, 0) is 45.4 Å². The molecule has 110 valence electrons. The minimum atomic E-state index is -0.0448. The SMILES string of the molecule is CC(C)N1CCC(C)(Oc2cccc3c2CNCC3)C1. The van der Waals surface area contributed by atoms with E-state index in [1.807, 2.05) is 0 Å². The molecule has 2 heterocycles. The Balaban J connectivity index is 1.78. The number of benzene rings is 1. The van der Waals surface area contributed by atoms with Gasteiger partial charge in [-0.15, -0.1) is 0 Å². The summed E-state index contributed by atoms with van der Waals surface area (Å²) in [4.78, 5) is 2.51. The molecule has 1 aromatic carbocycles. The molecule has 3 heteroatoms. The van der Waals surface area contributed by atoms with Gasteiger partial charge in [-0.1, -0.05) is 12.1 Å². The van der Waals surface area contributed by atoms with Crippen LogP contribution in [0.25, 0.3) is 0 Å². The van der Waals surface area contributed by atoms with Crippen molar-refractivity contribution in [3.63, 3.8) is 0 Å². The van der Waals surface area contributed by atoms with Crippen LogP contribution in [0.15, 0.2) is 18.2 Å². The Morgan fingerprint density at radius 2 is 2.20 bits per heavy atom. The molecule has 0 bridgehead atoms. The van der Waals surface area contributed by atoms with Crippen LogP contribution in [-0.2, 0) is 13.0 Å². The van der Waals surface area contributed by atoms with Crippen molar-refractivity contribution in [1.29, 1.82) is 0 Å². The zero-order valence-corrected chi connectivity index (χ0v) is 12.9. The van der Waals surface area contributed by atoms with E-state index in [9.17, 15) is 0 Å². The average molecular weight is 274 g/mol. The average Bonchev–Trinajstić information content (AvgIpc) is 2.82. The zero-order chi connectivity index (χ0) is 14.2. The molecule has 0 radical (unpaired) electrons. The first-order chi connectivity index (χ1) is 9.57. The molecule has 0 amide bonds. The maximum atomic E-state index is 6.46. The van der Waals surface area contributed by atoms with Gasteiger partial charge in [-0.3, -0.25) is 4.90 Å². The van der Waals surface area contributed by atoms with E-state index in [4.69, 9.17) is 4.74 Å². The predicted octanol–water partition coefficient (Wildman–Crippen LogP) is 2.58. The van der Waals surface area contributed by atoms with E-state index < -0.39 is 0 Å². The second-order valence-electron chi connectivity index (χ2n) is 6.69. The van der Waals surface area contributed by atoms with Crippen molar-refractivity contribution in [2.45, 2.75) is 51.8 Å². The maximum absolute atomic E-state index is 6.46. The second kappa shape index (κ2) is 5.38. The van der Waals surface area contributed by atoms with Crippen LogP contribution in [0.4, 0.5) is 0 Å². The summed E-state index contributed by atoms with van der Waals surface area (Å²) >= 11 is 0. The second-order valence-corrected chi connectivity index (χ2v) is 6.69. The summed E-state index contributed by atoms with van der Waals surface area (Å²) in [7, 11) is 0. The van der Waals surface area contributed by atoms with Crippen molar-refractivity contribution in [1.82, 2.24) is 10.2 Å². The van der Waals surface area contributed by atoms with Gasteiger partial charge in [0.2, 0.25) is 0 Å². The van der Waals surface area contributed by atoms with Crippen molar-refractivity contribution >= 4 is 0 Å². The largest absolute Gasteiger partial charge is 0.486 e. The fraction of sp³-hybridized carbons (Fsp3) is 0.647. The highest BCUT2D eigenvalue weighted by atomic mass is 16.5. The van der Waals surface area contributed by atoms with Crippen LogP contribution >= 0.6 is 0 Å². The standard InChI is InChI=1S/C17H26N2O/c1-13(2)19-10-8-17(3,12-19)20-16-6-4-5-14-7-9-18-11-15(14)16/h4-6,13,18H,7-12H2,1-3H3. The Bertz CT molecular complexity index is 486. The lowest BCUT2D eigenvalue weighted by atomic mass is 9.99. The Hall–Kier alpha value is -1.06. The molecule has 2 aliphatic rings. The Morgan fingerprint density at radius 3 is 2.95 bits per heavy atom. The molecule has 0 aliphatic carbocycles. The summed E-state index contributed by atoms with van der Waals surface area (Å²) < 4.78 is 6.46. The van der Waals surface area contributed by atoms with Gasteiger partial charge in [0, 0.05) is 37.7 Å². The van der Waals surface area contributed by atoms with Gasteiger partial charge in [0.1, 0.15) is 11.4 Å². The summed E-state index contributed by atoms with van der Waals surface area (Å²) in [6.07, 6.45) is 2.23. The molecule has 0 spiro atoms. The summed E-state index contributed by atoms with van der Waals surface area (Å²) in [6, 6.07) is 7.11. The molecule has 2 aliphatic heterocycles. The Morgan fingerprint density at radius 1 is 1.35 bits per heavy atom. The van der Waals surface area contributed by atoms with Crippen LogP contribution in [0, 0.1) is 0 Å². The number of nitrogens with zero attached hydrogens (tertiary/aromatic N) is 1. The van der Waals surface area contributed by atoms with Gasteiger partial charge >= 0.3 is 0 Å². The summed E-state index contributed by atoms with van der Waals surface area (Å²) in [6.45, 7) is 11.0. The highest BCUT2D eigenvalue weighted by Gasteiger charge is 2.37. The van der Waals surface area contributed by atoms with Gasteiger partial charge in [-0.2, -0.15) is 0 Å². The molecule has 1 unspecified atom stereocenters. The summed E-state index contributed by atoms with van der Waals surface area (Å²) in [5.41, 5.74) is 2.77. The lowest BCUT2D eigenvalue weighted by Gasteiger charge is -2.30. The smallest absolute Gasteiger partial charge is 0.124 e.